The molecule has 180 valence electrons. The minimum absolute atomic E-state index is 0.0806. The molecule has 1 fully saturated rings. The van der Waals surface area contributed by atoms with Gasteiger partial charge in [0.15, 0.2) is 11.2 Å². The third kappa shape index (κ3) is 4.10. The monoisotopic (exact) mass is 471 g/mol. The van der Waals surface area contributed by atoms with E-state index in [1.807, 2.05) is 41.8 Å². The Labute approximate surface area is 203 Å². The molecule has 0 spiro atoms. The van der Waals surface area contributed by atoms with Crippen molar-refractivity contribution in [2.75, 3.05) is 31.1 Å². The van der Waals surface area contributed by atoms with Crippen molar-refractivity contribution in [2.45, 2.75) is 33.4 Å². The molecule has 9 heteroatoms. The summed E-state index contributed by atoms with van der Waals surface area (Å²) in [6.07, 6.45) is 0.970. The van der Waals surface area contributed by atoms with Crippen LogP contribution >= 0.6 is 0 Å². The molecule has 4 aromatic rings. The third-order valence-electron chi connectivity index (χ3n) is 6.50. The van der Waals surface area contributed by atoms with Crippen LogP contribution in [0.1, 0.15) is 24.7 Å². The fourth-order valence-electron chi connectivity index (χ4n) is 4.78. The molecule has 0 aliphatic carbocycles. The molecule has 0 saturated carbocycles. The molecule has 0 radical (unpaired) electrons. The molecular weight excluding hydrogens is 442 g/mol. The lowest BCUT2D eigenvalue weighted by atomic mass is 10.1. The number of rotatable bonds is 4. The zero-order valence-corrected chi connectivity index (χ0v) is 20.3. The second kappa shape index (κ2) is 9.39. The average Bonchev–Trinajstić information content (AvgIpc) is 3.03. The first-order valence-corrected chi connectivity index (χ1v) is 11.9. The van der Waals surface area contributed by atoms with Crippen LogP contribution in [0.4, 0.5) is 5.95 Å². The van der Waals surface area contributed by atoms with Crippen molar-refractivity contribution < 1.29 is 0 Å². The zero-order valence-electron chi connectivity index (χ0n) is 20.3. The van der Waals surface area contributed by atoms with Gasteiger partial charge in [0, 0.05) is 37.8 Å². The molecular formula is C26H29N7O2. The molecule has 1 aromatic carbocycles. The predicted octanol–water partition coefficient (Wildman–Crippen LogP) is 1.62. The highest BCUT2D eigenvalue weighted by molar-refractivity contribution is 5.85. The second-order valence-electron chi connectivity index (χ2n) is 8.85. The standard InChI is InChI=1S/C26H29N7O2/c1-4-5-14-32-22-23(29-25(32)31-13-8-11-27-12-15-31)30(3)26(35)33(24(22)34)17-21-20-10-7-6-9-19(20)16-18(2)28-21/h6-7,9-10,16,27H,8,11-15,17H2,1-3H3. The first kappa shape index (κ1) is 22.9. The van der Waals surface area contributed by atoms with Gasteiger partial charge in [-0.1, -0.05) is 30.2 Å². The molecule has 1 saturated heterocycles. The normalized spacial score (nSPS) is 14.2. The summed E-state index contributed by atoms with van der Waals surface area (Å²) in [4.78, 5) is 38.9. The van der Waals surface area contributed by atoms with E-state index in [4.69, 9.17) is 4.98 Å². The highest BCUT2D eigenvalue weighted by atomic mass is 16.2. The highest BCUT2D eigenvalue weighted by Gasteiger charge is 2.24. The lowest BCUT2D eigenvalue weighted by Gasteiger charge is -2.21. The van der Waals surface area contributed by atoms with Gasteiger partial charge in [-0.2, -0.15) is 4.98 Å². The number of pyridine rings is 1. The van der Waals surface area contributed by atoms with Crippen molar-refractivity contribution in [1.29, 1.82) is 0 Å². The van der Waals surface area contributed by atoms with E-state index in [9.17, 15) is 9.59 Å². The maximum Gasteiger partial charge on any atom is 0.332 e. The number of benzene rings is 1. The first-order valence-electron chi connectivity index (χ1n) is 11.9. The van der Waals surface area contributed by atoms with E-state index in [-0.39, 0.29) is 12.1 Å². The number of imidazole rings is 1. The van der Waals surface area contributed by atoms with Crippen molar-refractivity contribution in [1.82, 2.24) is 29.0 Å². The van der Waals surface area contributed by atoms with Gasteiger partial charge in [0.05, 0.1) is 18.8 Å². The predicted molar refractivity (Wildman–Crippen MR) is 138 cm³/mol. The SMILES string of the molecule is CC#CCn1c(N2CCCNCC2)nc2c1c(=O)n(Cc1nc(C)cc3ccccc13)c(=O)n2C. The van der Waals surface area contributed by atoms with Crippen molar-refractivity contribution in [3.63, 3.8) is 0 Å². The van der Waals surface area contributed by atoms with Crippen LogP contribution in [0.15, 0.2) is 39.9 Å². The Hall–Kier alpha value is -3.90. The fraction of sp³-hybridized carbons (Fsp3) is 0.385. The van der Waals surface area contributed by atoms with Gasteiger partial charge in [-0.05, 0) is 38.3 Å². The summed E-state index contributed by atoms with van der Waals surface area (Å²) in [5.41, 5.74) is 1.51. The van der Waals surface area contributed by atoms with Gasteiger partial charge in [-0.3, -0.25) is 23.5 Å². The summed E-state index contributed by atoms with van der Waals surface area (Å²) in [6, 6.07) is 9.89. The van der Waals surface area contributed by atoms with Crippen LogP contribution in [0.25, 0.3) is 21.9 Å². The smallest absolute Gasteiger partial charge is 0.332 e. The molecule has 4 heterocycles. The van der Waals surface area contributed by atoms with Crippen LogP contribution in [0.2, 0.25) is 0 Å². The van der Waals surface area contributed by atoms with Crippen molar-refractivity contribution >= 4 is 27.9 Å². The van der Waals surface area contributed by atoms with Gasteiger partial charge in [0.25, 0.3) is 5.56 Å². The second-order valence-corrected chi connectivity index (χ2v) is 8.85. The van der Waals surface area contributed by atoms with Gasteiger partial charge in [0.1, 0.15) is 0 Å². The average molecular weight is 472 g/mol. The van der Waals surface area contributed by atoms with E-state index >= 15 is 0 Å². The summed E-state index contributed by atoms with van der Waals surface area (Å²) in [6.45, 7) is 7.45. The molecule has 1 aliphatic heterocycles. The Morgan fingerprint density at radius 1 is 1.09 bits per heavy atom. The van der Waals surface area contributed by atoms with E-state index in [1.165, 1.54) is 9.13 Å². The fourth-order valence-corrected chi connectivity index (χ4v) is 4.78. The van der Waals surface area contributed by atoms with Crippen LogP contribution in [0, 0.1) is 18.8 Å². The first-order chi connectivity index (χ1) is 17.0. The molecule has 3 aromatic heterocycles. The summed E-state index contributed by atoms with van der Waals surface area (Å²) in [7, 11) is 1.67. The van der Waals surface area contributed by atoms with Crippen LogP contribution in [-0.2, 0) is 20.1 Å². The molecule has 9 nitrogen and oxygen atoms in total. The van der Waals surface area contributed by atoms with E-state index in [0.717, 1.165) is 49.1 Å². The van der Waals surface area contributed by atoms with Gasteiger partial charge in [0.2, 0.25) is 5.95 Å². The summed E-state index contributed by atoms with van der Waals surface area (Å²) in [5.74, 6) is 6.68. The lowest BCUT2D eigenvalue weighted by molar-refractivity contribution is 0.646. The number of nitrogens with one attached hydrogen (secondary N) is 1. The third-order valence-corrected chi connectivity index (χ3v) is 6.50. The highest BCUT2D eigenvalue weighted by Crippen LogP contribution is 2.22. The van der Waals surface area contributed by atoms with Crippen molar-refractivity contribution in [2.24, 2.45) is 7.05 Å². The molecule has 0 bridgehead atoms. The molecule has 35 heavy (non-hydrogen) atoms. The number of aryl methyl sites for hydroxylation is 2. The van der Waals surface area contributed by atoms with Crippen LogP contribution in [0.3, 0.4) is 0 Å². The number of anilines is 1. The maximum absolute atomic E-state index is 13.9. The Morgan fingerprint density at radius 3 is 2.74 bits per heavy atom. The van der Waals surface area contributed by atoms with Gasteiger partial charge < -0.3 is 10.2 Å². The minimum atomic E-state index is -0.412. The van der Waals surface area contributed by atoms with Crippen LogP contribution < -0.4 is 21.5 Å². The Kier molecular flexibility index (Phi) is 6.14. The molecule has 5 rings (SSSR count). The van der Waals surface area contributed by atoms with E-state index in [0.29, 0.717) is 29.4 Å². The van der Waals surface area contributed by atoms with Crippen LogP contribution in [-0.4, -0.2) is 49.8 Å². The quantitative estimate of drug-likeness (QED) is 0.455. The summed E-state index contributed by atoms with van der Waals surface area (Å²) in [5, 5.41) is 5.35. The number of aromatic nitrogens is 5. The van der Waals surface area contributed by atoms with E-state index in [2.05, 4.69) is 27.0 Å². The number of fused-ring (bicyclic) bond motifs is 2. The summed E-state index contributed by atoms with van der Waals surface area (Å²) >= 11 is 0. The maximum atomic E-state index is 13.9. The number of hydrogen-bond donors (Lipinski definition) is 1. The Bertz CT molecular complexity index is 1590. The molecule has 0 atom stereocenters. The summed E-state index contributed by atoms with van der Waals surface area (Å²) < 4.78 is 4.59. The topological polar surface area (TPSA) is 90.0 Å². The van der Waals surface area contributed by atoms with E-state index in [1.54, 1.807) is 14.0 Å². The molecule has 1 N–H and O–H groups in total. The van der Waals surface area contributed by atoms with Gasteiger partial charge in [-0.25, -0.2) is 4.79 Å². The zero-order chi connectivity index (χ0) is 24.5. The van der Waals surface area contributed by atoms with Gasteiger partial charge >= 0.3 is 5.69 Å². The number of nitrogens with zero attached hydrogens (tertiary/aromatic N) is 6. The Morgan fingerprint density at radius 2 is 1.91 bits per heavy atom. The number of hydrogen-bond acceptors (Lipinski definition) is 6. The van der Waals surface area contributed by atoms with Crippen molar-refractivity contribution in [3.8, 4) is 11.8 Å². The van der Waals surface area contributed by atoms with Gasteiger partial charge in [-0.15, -0.1) is 5.92 Å². The Balaban J connectivity index is 1.73. The van der Waals surface area contributed by atoms with Crippen LogP contribution in [0.5, 0.6) is 0 Å². The lowest BCUT2D eigenvalue weighted by Crippen LogP contribution is -2.40. The molecule has 0 amide bonds. The molecule has 0 unspecified atom stereocenters. The minimum Gasteiger partial charge on any atom is -0.341 e. The molecule has 1 aliphatic rings. The van der Waals surface area contributed by atoms with E-state index < -0.39 is 5.69 Å². The largest absolute Gasteiger partial charge is 0.341 e. The van der Waals surface area contributed by atoms with Crippen molar-refractivity contribution in [3.05, 3.63) is 62.6 Å².